The van der Waals surface area contributed by atoms with Gasteiger partial charge in [0.1, 0.15) is 0 Å². The van der Waals surface area contributed by atoms with Gasteiger partial charge in [0.15, 0.2) is 11.6 Å². The first-order valence-corrected chi connectivity index (χ1v) is 9.91. The summed E-state index contributed by atoms with van der Waals surface area (Å²) in [4.78, 5) is 24.8. The van der Waals surface area contributed by atoms with Crippen molar-refractivity contribution in [3.63, 3.8) is 0 Å². The Balaban J connectivity index is 1.93. The molecule has 138 valence electrons. The molecule has 0 unspecified atom stereocenters. The first-order valence-electron chi connectivity index (χ1n) is 9.16. The van der Waals surface area contributed by atoms with E-state index in [0.29, 0.717) is 33.2 Å². The van der Waals surface area contributed by atoms with Crippen molar-refractivity contribution in [1.82, 2.24) is 0 Å². The van der Waals surface area contributed by atoms with E-state index in [1.165, 1.54) is 25.7 Å². The number of ketones is 2. The zero-order valence-electron chi connectivity index (χ0n) is 15.1. The van der Waals surface area contributed by atoms with Gasteiger partial charge in [0, 0.05) is 28.1 Å². The SMILES string of the molecule is CCCCCCCCC(=O)c1ccc(C(=O)c2ccc(Cl)cc2Cl)cc1. The van der Waals surface area contributed by atoms with Gasteiger partial charge in [0.2, 0.25) is 0 Å². The van der Waals surface area contributed by atoms with Crippen LogP contribution in [0, 0.1) is 0 Å². The van der Waals surface area contributed by atoms with Crippen LogP contribution >= 0.6 is 23.2 Å². The van der Waals surface area contributed by atoms with Gasteiger partial charge in [-0.15, -0.1) is 0 Å². The number of Topliss-reactive ketones (excluding diaryl/α,β-unsaturated/α-hetero) is 1. The molecule has 0 N–H and O–H groups in total. The topological polar surface area (TPSA) is 34.1 Å². The van der Waals surface area contributed by atoms with E-state index in [9.17, 15) is 9.59 Å². The summed E-state index contributed by atoms with van der Waals surface area (Å²) in [6.07, 6.45) is 7.50. The highest BCUT2D eigenvalue weighted by molar-refractivity contribution is 6.37. The van der Waals surface area contributed by atoms with Crippen molar-refractivity contribution < 1.29 is 9.59 Å². The molecule has 26 heavy (non-hydrogen) atoms. The number of carbonyl (C=O) groups is 2. The second kappa shape index (κ2) is 10.5. The van der Waals surface area contributed by atoms with Gasteiger partial charge in [0.05, 0.1) is 5.02 Å². The summed E-state index contributed by atoms with van der Waals surface area (Å²) < 4.78 is 0. The zero-order chi connectivity index (χ0) is 18.9. The van der Waals surface area contributed by atoms with E-state index in [1.54, 1.807) is 42.5 Å². The van der Waals surface area contributed by atoms with E-state index in [-0.39, 0.29) is 11.6 Å². The number of benzene rings is 2. The molecule has 4 heteroatoms. The lowest BCUT2D eigenvalue weighted by molar-refractivity contribution is 0.0977. The van der Waals surface area contributed by atoms with E-state index in [1.807, 2.05) is 0 Å². The molecule has 0 radical (unpaired) electrons. The lowest BCUT2D eigenvalue weighted by Crippen LogP contribution is -2.04. The van der Waals surface area contributed by atoms with Gasteiger partial charge in [-0.3, -0.25) is 9.59 Å². The van der Waals surface area contributed by atoms with Crippen LogP contribution in [-0.2, 0) is 0 Å². The Morgan fingerprint density at radius 3 is 2.08 bits per heavy atom. The summed E-state index contributed by atoms with van der Waals surface area (Å²) in [6, 6.07) is 11.6. The number of hydrogen-bond donors (Lipinski definition) is 0. The average Bonchev–Trinajstić information content (AvgIpc) is 2.64. The van der Waals surface area contributed by atoms with E-state index >= 15 is 0 Å². The largest absolute Gasteiger partial charge is 0.294 e. The molecule has 2 aromatic rings. The Hall–Kier alpha value is -1.64. The van der Waals surface area contributed by atoms with Gasteiger partial charge in [0.25, 0.3) is 0 Å². The highest BCUT2D eigenvalue weighted by Crippen LogP contribution is 2.24. The summed E-state index contributed by atoms with van der Waals surface area (Å²) >= 11 is 12.0. The Labute approximate surface area is 165 Å². The Morgan fingerprint density at radius 2 is 1.42 bits per heavy atom. The maximum Gasteiger partial charge on any atom is 0.194 e. The minimum atomic E-state index is -0.179. The average molecular weight is 391 g/mol. The second-order valence-corrected chi connectivity index (χ2v) is 7.32. The van der Waals surface area contributed by atoms with E-state index in [2.05, 4.69) is 6.92 Å². The Kier molecular flexibility index (Phi) is 8.34. The lowest BCUT2D eigenvalue weighted by atomic mass is 9.99. The van der Waals surface area contributed by atoms with Crippen LogP contribution in [0.4, 0.5) is 0 Å². The maximum absolute atomic E-state index is 12.5. The fraction of sp³-hybridized carbons (Fsp3) is 0.364. The number of hydrogen-bond acceptors (Lipinski definition) is 2. The molecule has 2 rings (SSSR count). The standard InChI is InChI=1S/C22H24Cl2O2/c1-2-3-4-5-6-7-8-21(25)16-9-11-17(12-10-16)22(26)19-14-13-18(23)15-20(19)24/h9-15H,2-8H2,1H3. The molecular weight excluding hydrogens is 367 g/mol. The summed E-state index contributed by atoms with van der Waals surface area (Å²) in [5.41, 5.74) is 1.56. The third-order valence-corrected chi connectivity index (χ3v) is 4.95. The van der Waals surface area contributed by atoms with Gasteiger partial charge < -0.3 is 0 Å². The maximum atomic E-state index is 12.5. The van der Waals surface area contributed by atoms with Crippen LogP contribution in [0.2, 0.25) is 10.0 Å². The number of rotatable bonds is 10. The normalized spacial score (nSPS) is 10.7. The Morgan fingerprint density at radius 1 is 0.808 bits per heavy atom. The predicted molar refractivity (Wildman–Crippen MR) is 109 cm³/mol. The molecule has 0 amide bonds. The summed E-state index contributed by atoms with van der Waals surface area (Å²) in [5, 5.41) is 0.813. The first kappa shape index (κ1) is 20.7. The highest BCUT2D eigenvalue weighted by atomic mass is 35.5. The summed E-state index contributed by atoms with van der Waals surface area (Å²) in [6.45, 7) is 2.19. The number of unbranched alkanes of at least 4 members (excludes halogenated alkanes) is 5. The minimum absolute atomic E-state index is 0.129. The molecule has 0 fully saturated rings. The second-order valence-electron chi connectivity index (χ2n) is 6.47. The first-order chi connectivity index (χ1) is 12.5. The van der Waals surface area contributed by atoms with Crippen molar-refractivity contribution in [2.45, 2.75) is 51.9 Å². The molecule has 0 aliphatic carbocycles. The van der Waals surface area contributed by atoms with Crippen molar-refractivity contribution in [2.24, 2.45) is 0 Å². The molecular formula is C22H24Cl2O2. The molecule has 0 spiro atoms. The minimum Gasteiger partial charge on any atom is -0.294 e. The summed E-state index contributed by atoms with van der Waals surface area (Å²) in [5.74, 6) is -0.0504. The molecule has 0 aliphatic heterocycles. The molecule has 0 atom stereocenters. The monoisotopic (exact) mass is 390 g/mol. The van der Waals surface area contributed by atoms with E-state index in [4.69, 9.17) is 23.2 Å². The van der Waals surface area contributed by atoms with Crippen LogP contribution in [0.3, 0.4) is 0 Å². The zero-order valence-corrected chi connectivity index (χ0v) is 16.6. The van der Waals surface area contributed by atoms with Crippen LogP contribution in [0.25, 0.3) is 0 Å². The fourth-order valence-electron chi connectivity index (χ4n) is 2.85. The number of carbonyl (C=O) groups excluding carboxylic acids is 2. The molecule has 0 saturated carbocycles. The van der Waals surface area contributed by atoms with E-state index < -0.39 is 0 Å². The fourth-order valence-corrected chi connectivity index (χ4v) is 3.34. The quantitative estimate of drug-likeness (QED) is 0.318. The molecule has 0 aliphatic rings. The molecule has 0 saturated heterocycles. The number of halogens is 2. The van der Waals surface area contributed by atoms with Crippen LogP contribution < -0.4 is 0 Å². The van der Waals surface area contributed by atoms with Gasteiger partial charge in [-0.2, -0.15) is 0 Å². The van der Waals surface area contributed by atoms with Gasteiger partial charge in [-0.05, 0) is 24.6 Å². The van der Waals surface area contributed by atoms with E-state index in [0.717, 1.165) is 12.8 Å². The smallest absolute Gasteiger partial charge is 0.194 e. The molecule has 0 bridgehead atoms. The molecule has 0 heterocycles. The molecule has 0 aromatic heterocycles. The van der Waals surface area contributed by atoms with Crippen molar-refractivity contribution >= 4 is 34.8 Å². The van der Waals surface area contributed by atoms with Crippen LogP contribution in [0.1, 0.15) is 78.1 Å². The Bertz CT molecular complexity index is 751. The van der Waals surface area contributed by atoms with Crippen molar-refractivity contribution in [1.29, 1.82) is 0 Å². The lowest BCUT2D eigenvalue weighted by Gasteiger charge is -2.06. The van der Waals surface area contributed by atoms with Gasteiger partial charge >= 0.3 is 0 Å². The van der Waals surface area contributed by atoms with Crippen LogP contribution in [0.15, 0.2) is 42.5 Å². The third kappa shape index (κ3) is 5.96. The van der Waals surface area contributed by atoms with Crippen molar-refractivity contribution in [2.75, 3.05) is 0 Å². The predicted octanol–water partition coefficient (Wildman–Crippen LogP) is 7.16. The van der Waals surface area contributed by atoms with Crippen molar-refractivity contribution in [3.05, 3.63) is 69.2 Å². The van der Waals surface area contributed by atoms with Gasteiger partial charge in [-0.25, -0.2) is 0 Å². The van der Waals surface area contributed by atoms with Crippen molar-refractivity contribution in [3.8, 4) is 0 Å². The summed E-state index contributed by atoms with van der Waals surface area (Å²) in [7, 11) is 0. The van der Waals surface area contributed by atoms with Crippen LogP contribution in [0.5, 0.6) is 0 Å². The molecule has 2 aromatic carbocycles. The third-order valence-electron chi connectivity index (χ3n) is 4.40. The molecule has 2 nitrogen and oxygen atoms in total. The van der Waals surface area contributed by atoms with Crippen LogP contribution in [-0.4, -0.2) is 11.6 Å². The highest BCUT2D eigenvalue weighted by Gasteiger charge is 2.14. The van der Waals surface area contributed by atoms with Gasteiger partial charge in [-0.1, -0.05) is 86.5 Å².